The van der Waals surface area contributed by atoms with Crippen molar-refractivity contribution in [2.24, 2.45) is 0 Å². The average Bonchev–Trinajstić information content (AvgIpc) is 2.29. The minimum atomic E-state index is -0.225. The van der Waals surface area contributed by atoms with Crippen LogP contribution in [0.5, 0.6) is 5.75 Å². The van der Waals surface area contributed by atoms with Crippen molar-refractivity contribution in [3.05, 3.63) is 35.9 Å². The van der Waals surface area contributed by atoms with E-state index in [9.17, 15) is 4.79 Å². The summed E-state index contributed by atoms with van der Waals surface area (Å²) in [6.07, 6.45) is 3.91. The fourth-order valence-electron chi connectivity index (χ4n) is 1.63. The van der Waals surface area contributed by atoms with Gasteiger partial charge in [0.15, 0.2) is 0 Å². The molecule has 0 aliphatic carbocycles. The van der Waals surface area contributed by atoms with Crippen molar-refractivity contribution in [2.45, 2.75) is 19.4 Å². The van der Waals surface area contributed by atoms with Crippen molar-refractivity contribution in [1.82, 2.24) is 0 Å². The quantitative estimate of drug-likeness (QED) is 0.731. The van der Waals surface area contributed by atoms with Crippen LogP contribution in [0.3, 0.4) is 0 Å². The van der Waals surface area contributed by atoms with Gasteiger partial charge in [-0.2, -0.15) is 0 Å². The second-order valence-electron chi connectivity index (χ2n) is 3.56. The Labute approximate surface area is 94.7 Å². The molecule has 0 radical (unpaired) electrons. The van der Waals surface area contributed by atoms with Gasteiger partial charge >= 0.3 is 5.97 Å². The summed E-state index contributed by atoms with van der Waals surface area (Å²) in [6.45, 7) is 2.20. The Bertz CT molecular complexity index is 409. The highest BCUT2D eigenvalue weighted by Crippen LogP contribution is 2.26. The van der Waals surface area contributed by atoms with Crippen LogP contribution in [-0.2, 0) is 9.53 Å². The van der Waals surface area contributed by atoms with Gasteiger partial charge in [0.25, 0.3) is 0 Å². The number of benzene rings is 1. The van der Waals surface area contributed by atoms with Crippen molar-refractivity contribution in [2.75, 3.05) is 6.61 Å². The van der Waals surface area contributed by atoms with Gasteiger partial charge in [0.2, 0.25) is 0 Å². The second kappa shape index (κ2) is 4.84. The first-order valence-electron chi connectivity index (χ1n) is 5.39. The zero-order chi connectivity index (χ0) is 11.4. The summed E-state index contributed by atoms with van der Waals surface area (Å²) in [5.74, 6) is 0.593. The number of hydrogen-bond donors (Lipinski definition) is 0. The van der Waals surface area contributed by atoms with E-state index in [0.29, 0.717) is 6.61 Å². The molecule has 1 heterocycles. The molecule has 84 valence electrons. The minimum Gasteiger partial charge on any atom is -0.485 e. The van der Waals surface area contributed by atoms with Gasteiger partial charge < -0.3 is 9.47 Å². The lowest BCUT2D eigenvalue weighted by Crippen LogP contribution is -2.22. The third-order valence-electron chi connectivity index (χ3n) is 2.36. The lowest BCUT2D eigenvalue weighted by Gasteiger charge is -2.20. The topological polar surface area (TPSA) is 35.5 Å². The molecule has 0 saturated carbocycles. The molecule has 1 aromatic rings. The normalized spacial score (nSPS) is 17.4. The molecule has 3 nitrogen and oxygen atoms in total. The van der Waals surface area contributed by atoms with Gasteiger partial charge in [-0.25, -0.2) is 0 Å². The van der Waals surface area contributed by atoms with E-state index in [0.717, 1.165) is 11.3 Å². The van der Waals surface area contributed by atoms with Crippen molar-refractivity contribution in [1.29, 1.82) is 0 Å². The van der Waals surface area contributed by atoms with Gasteiger partial charge in [-0.05, 0) is 19.1 Å². The number of carbonyl (C=O) groups excluding carboxylic acids is 1. The summed E-state index contributed by atoms with van der Waals surface area (Å²) in [5.41, 5.74) is 1.04. The molecule has 0 saturated heterocycles. The molecule has 1 unspecified atom stereocenters. The number of carbonyl (C=O) groups is 1. The Balaban J connectivity index is 2.01. The summed E-state index contributed by atoms with van der Waals surface area (Å²) in [7, 11) is 0. The van der Waals surface area contributed by atoms with Crippen LogP contribution in [-0.4, -0.2) is 18.7 Å². The minimum absolute atomic E-state index is 0.214. The SMILES string of the molecule is CCOC(=O)CC1C=Cc2ccccc2O1. The molecule has 0 amide bonds. The molecular formula is C13H14O3. The largest absolute Gasteiger partial charge is 0.485 e. The number of para-hydroxylation sites is 1. The van der Waals surface area contributed by atoms with E-state index < -0.39 is 0 Å². The van der Waals surface area contributed by atoms with Gasteiger partial charge in [0.1, 0.15) is 11.9 Å². The lowest BCUT2D eigenvalue weighted by atomic mass is 10.1. The Morgan fingerprint density at radius 2 is 2.25 bits per heavy atom. The molecule has 2 rings (SSSR count). The number of esters is 1. The summed E-state index contributed by atoms with van der Waals surface area (Å²) in [5, 5.41) is 0. The van der Waals surface area contributed by atoms with E-state index in [-0.39, 0.29) is 18.5 Å². The molecule has 16 heavy (non-hydrogen) atoms. The third kappa shape index (κ3) is 2.42. The highest BCUT2D eigenvalue weighted by molar-refractivity contribution is 5.71. The van der Waals surface area contributed by atoms with Crippen molar-refractivity contribution in [3.8, 4) is 5.75 Å². The lowest BCUT2D eigenvalue weighted by molar-refractivity contribution is -0.144. The number of rotatable bonds is 3. The summed E-state index contributed by atoms with van der Waals surface area (Å²) in [6, 6.07) is 7.75. The molecular weight excluding hydrogens is 204 g/mol. The zero-order valence-corrected chi connectivity index (χ0v) is 9.18. The Hall–Kier alpha value is -1.77. The highest BCUT2D eigenvalue weighted by atomic mass is 16.5. The molecule has 0 bridgehead atoms. The maximum Gasteiger partial charge on any atom is 0.309 e. The van der Waals surface area contributed by atoms with Crippen LogP contribution in [0.15, 0.2) is 30.3 Å². The predicted molar refractivity (Wildman–Crippen MR) is 61.1 cm³/mol. The van der Waals surface area contributed by atoms with Gasteiger partial charge in [-0.3, -0.25) is 4.79 Å². The van der Waals surface area contributed by atoms with E-state index in [2.05, 4.69) is 0 Å². The van der Waals surface area contributed by atoms with E-state index in [1.807, 2.05) is 36.4 Å². The Kier molecular flexibility index (Phi) is 3.25. The van der Waals surface area contributed by atoms with Crippen LogP contribution < -0.4 is 4.74 Å². The van der Waals surface area contributed by atoms with Crippen molar-refractivity contribution in [3.63, 3.8) is 0 Å². The zero-order valence-electron chi connectivity index (χ0n) is 9.18. The molecule has 3 heteroatoms. The molecule has 0 fully saturated rings. The molecule has 0 N–H and O–H groups in total. The molecule has 0 spiro atoms. The maximum atomic E-state index is 11.3. The van der Waals surface area contributed by atoms with Crippen molar-refractivity contribution >= 4 is 12.0 Å². The van der Waals surface area contributed by atoms with Gasteiger partial charge in [-0.15, -0.1) is 0 Å². The Morgan fingerprint density at radius 3 is 3.06 bits per heavy atom. The summed E-state index contributed by atoms with van der Waals surface area (Å²) >= 11 is 0. The van der Waals surface area contributed by atoms with Crippen LogP contribution >= 0.6 is 0 Å². The molecule has 1 aliphatic heterocycles. The van der Waals surface area contributed by atoms with Gasteiger partial charge in [-0.1, -0.05) is 24.3 Å². The molecule has 1 atom stereocenters. The predicted octanol–water partition coefficient (Wildman–Crippen LogP) is 2.41. The van der Waals surface area contributed by atoms with Gasteiger partial charge in [0, 0.05) is 5.56 Å². The fraction of sp³-hybridized carbons (Fsp3) is 0.308. The molecule has 0 aromatic heterocycles. The maximum absolute atomic E-state index is 11.3. The number of hydrogen-bond acceptors (Lipinski definition) is 3. The van der Waals surface area contributed by atoms with Crippen molar-refractivity contribution < 1.29 is 14.3 Å². The van der Waals surface area contributed by atoms with E-state index in [1.54, 1.807) is 6.92 Å². The van der Waals surface area contributed by atoms with E-state index in [1.165, 1.54) is 0 Å². The van der Waals surface area contributed by atoms with Crippen LogP contribution in [0.4, 0.5) is 0 Å². The highest BCUT2D eigenvalue weighted by Gasteiger charge is 2.17. The van der Waals surface area contributed by atoms with Crippen LogP contribution in [0, 0.1) is 0 Å². The smallest absolute Gasteiger partial charge is 0.309 e. The Morgan fingerprint density at radius 1 is 1.44 bits per heavy atom. The molecule has 1 aliphatic rings. The van der Waals surface area contributed by atoms with Crippen LogP contribution in [0.2, 0.25) is 0 Å². The van der Waals surface area contributed by atoms with E-state index >= 15 is 0 Å². The fourth-order valence-corrected chi connectivity index (χ4v) is 1.63. The molecule has 1 aromatic carbocycles. The van der Waals surface area contributed by atoms with E-state index in [4.69, 9.17) is 9.47 Å². The van der Waals surface area contributed by atoms with Crippen LogP contribution in [0.1, 0.15) is 18.9 Å². The second-order valence-corrected chi connectivity index (χ2v) is 3.56. The standard InChI is InChI=1S/C13H14O3/c1-2-15-13(14)9-11-8-7-10-5-3-4-6-12(10)16-11/h3-8,11H,2,9H2,1H3. The summed E-state index contributed by atoms with van der Waals surface area (Å²) in [4.78, 5) is 11.3. The monoisotopic (exact) mass is 218 g/mol. The summed E-state index contributed by atoms with van der Waals surface area (Å²) < 4.78 is 10.5. The first kappa shape index (κ1) is 10.7. The van der Waals surface area contributed by atoms with Gasteiger partial charge in [0.05, 0.1) is 13.0 Å². The average molecular weight is 218 g/mol. The third-order valence-corrected chi connectivity index (χ3v) is 2.36. The van der Waals surface area contributed by atoms with Crippen LogP contribution in [0.25, 0.3) is 6.08 Å². The number of ether oxygens (including phenoxy) is 2. The number of fused-ring (bicyclic) bond motifs is 1. The first-order chi connectivity index (χ1) is 7.79. The first-order valence-corrected chi connectivity index (χ1v) is 5.39.